The fraction of sp³-hybridized carbons (Fsp3) is 0.455. The number of nitrogens with one attached hydrogen (secondary N) is 1. The minimum atomic E-state index is 0.105. The standard InChI is InChI=1S/C11H16N4O/c1-8-4-13-11(16-8)9(2)12-5-10-6-14-15(3)7-10/h4,6-7,9,12H,5H2,1-3H3. The van der Waals surface area contributed by atoms with Gasteiger partial charge in [-0.15, -0.1) is 0 Å². The second kappa shape index (κ2) is 4.49. The summed E-state index contributed by atoms with van der Waals surface area (Å²) in [6.45, 7) is 4.68. The van der Waals surface area contributed by atoms with Gasteiger partial charge in [0, 0.05) is 25.4 Å². The quantitative estimate of drug-likeness (QED) is 0.849. The van der Waals surface area contributed by atoms with Crippen molar-refractivity contribution in [1.29, 1.82) is 0 Å². The zero-order chi connectivity index (χ0) is 11.5. The second-order valence-electron chi connectivity index (χ2n) is 3.93. The number of nitrogens with zero attached hydrogens (tertiary/aromatic N) is 3. The third-order valence-electron chi connectivity index (χ3n) is 2.38. The van der Waals surface area contributed by atoms with E-state index in [1.54, 1.807) is 10.9 Å². The summed E-state index contributed by atoms with van der Waals surface area (Å²) < 4.78 is 7.23. The molecule has 0 amide bonds. The highest BCUT2D eigenvalue weighted by Gasteiger charge is 2.10. The lowest BCUT2D eigenvalue weighted by atomic mass is 10.3. The van der Waals surface area contributed by atoms with Crippen LogP contribution in [0, 0.1) is 6.92 Å². The molecule has 0 fully saturated rings. The van der Waals surface area contributed by atoms with Crippen molar-refractivity contribution in [2.45, 2.75) is 26.4 Å². The van der Waals surface area contributed by atoms with Gasteiger partial charge in [-0.1, -0.05) is 0 Å². The van der Waals surface area contributed by atoms with Crippen molar-refractivity contribution in [2.75, 3.05) is 0 Å². The fourth-order valence-electron chi connectivity index (χ4n) is 1.49. The Morgan fingerprint density at radius 2 is 2.31 bits per heavy atom. The minimum absolute atomic E-state index is 0.105. The Kier molecular flexibility index (Phi) is 3.05. The Bertz CT molecular complexity index is 460. The summed E-state index contributed by atoms with van der Waals surface area (Å²) in [5.74, 6) is 1.56. The van der Waals surface area contributed by atoms with Crippen molar-refractivity contribution < 1.29 is 4.42 Å². The maximum Gasteiger partial charge on any atom is 0.211 e. The lowest BCUT2D eigenvalue weighted by Crippen LogP contribution is -2.18. The van der Waals surface area contributed by atoms with Gasteiger partial charge in [0.1, 0.15) is 5.76 Å². The fourth-order valence-corrected chi connectivity index (χ4v) is 1.49. The van der Waals surface area contributed by atoms with Gasteiger partial charge in [0.2, 0.25) is 5.89 Å². The molecule has 86 valence electrons. The molecule has 0 radical (unpaired) electrons. The van der Waals surface area contributed by atoms with Gasteiger partial charge in [-0.25, -0.2) is 4.98 Å². The van der Waals surface area contributed by atoms with Crippen LogP contribution in [-0.4, -0.2) is 14.8 Å². The molecule has 2 aromatic rings. The minimum Gasteiger partial charge on any atom is -0.444 e. The summed E-state index contributed by atoms with van der Waals surface area (Å²) in [5, 5.41) is 7.44. The number of rotatable bonds is 4. The van der Waals surface area contributed by atoms with Gasteiger partial charge >= 0.3 is 0 Å². The molecule has 16 heavy (non-hydrogen) atoms. The summed E-state index contributed by atoms with van der Waals surface area (Å²) in [6, 6.07) is 0.105. The van der Waals surface area contributed by atoms with E-state index >= 15 is 0 Å². The highest BCUT2D eigenvalue weighted by atomic mass is 16.4. The molecule has 0 spiro atoms. The third-order valence-corrected chi connectivity index (χ3v) is 2.38. The van der Waals surface area contributed by atoms with Crippen LogP contribution in [0.2, 0.25) is 0 Å². The van der Waals surface area contributed by atoms with Crippen LogP contribution in [0.25, 0.3) is 0 Å². The number of hydrogen-bond donors (Lipinski definition) is 1. The van der Waals surface area contributed by atoms with E-state index in [-0.39, 0.29) is 6.04 Å². The van der Waals surface area contributed by atoms with Gasteiger partial charge in [0.05, 0.1) is 18.4 Å². The van der Waals surface area contributed by atoms with Gasteiger partial charge in [0.25, 0.3) is 0 Å². The van der Waals surface area contributed by atoms with Crippen LogP contribution < -0.4 is 5.32 Å². The van der Waals surface area contributed by atoms with E-state index in [1.165, 1.54) is 0 Å². The van der Waals surface area contributed by atoms with Crippen LogP contribution in [0.15, 0.2) is 23.0 Å². The molecule has 1 unspecified atom stereocenters. The topological polar surface area (TPSA) is 55.9 Å². The van der Waals surface area contributed by atoms with Crippen molar-refractivity contribution in [1.82, 2.24) is 20.1 Å². The predicted octanol–water partition coefficient (Wildman–Crippen LogP) is 1.57. The van der Waals surface area contributed by atoms with Gasteiger partial charge in [0.15, 0.2) is 0 Å². The lowest BCUT2D eigenvalue weighted by Gasteiger charge is -2.08. The van der Waals surface area contributed by atoms with Crippen LogP contribution in [0.4, 0.5) is 0 Å². The maximum atomic E-state index is 5.44. The Morgan fingerprint density at radius 1 is 1.50 bits per heavy atom. The lowest BCUT2D eigenvalue weighted by molar-refractivity contribution is 0.402. The zero-order valence-electron chi connectivity index (χ0n) is 9.77. The smallest absolute Gasteiger partial charge is 0.211 e. The van der Waals surface area contributed by atoms with Crippen molar-refractivity contribution in [3.63, 3.8) is 0 Å². The molecule has 0 aromatic carbocycles. The summed E-state index contributed by atoms with van der Waals surface area (Å²) in [7, 11) is 1.91. The molecular weight excluding hydrogens is 204 g/mol. The van der Waals surface area contributed by atoms with E-state index in [0.29, 0.717) is 0 Å². The average molecular weight is 220 g/mol. The molecule has 1 atom stereocenters. The molecule has 0 saturated carbocycles. The van der Waals surface area contributed by atoms with Crippen LogP contribution in [0.3, 0.4) is 0 Å². The molecule has 1 N–H and O–H groups in total. The number of aromatic nitrogens is 3. The van der Waals surface area contributed by atoms with E-state index in [1.807, 2.05) is 33.3 Å². The van der Waals surface area contributed by atoms with Crippen molar-refractivity contribution in [2.24, 2.45) is 7.05 Å². The molecule has 2 heterocycles. The van der Waals surface area contributed by atoms with E-state index in [9.17, 15) is 0 Å². The molecule has 2 aromatic heterocycles. The first-order chi connectivity index (χ1) is 7.65. The predicted molar refractivity (Wildman–Crippen MR) is 59.7 cm³/mol. The number of aryl methyl sites for hydroxylation is 2. The maximum absolute atomic E-state index is 5.44. The van der Waals surface area contributed by atoms with Crippen LogP contribution >= 0.6 is 0 Å². The van der Waals surface area contributed by atoms with Crippen LogP contribution in [-0.2, 0) is 13.6 Å². The largest absolute Gasteiger partial charge is 0.444 e. The van der Waals surface area contributed by atoms with Crippen molar-refractivity contribution in [3.05, 3.63) is 35.8 Å². The molecule has 0 bridgehead atoms. The van der Waals surface area contributed by atoms with Crippen molar-refractivity contribution in [3.8, 4) is 0 Å². The Balaban J connectivity index is 1.91. The highest BCUT2D eigenvalue weighted by Crippen LogP contribution is 2.12. The van der Waals surface area contributed by atoms with Gasteiger partial charge < -0.3 is 9.73 Å². The third kappa shape index (κ3) is 2.49. The molecular formula is C11H16N4O. The molecule has 5 nitrogen and oxygen atoms in total. The average Bonchev–Trinajstić information content (AvgIpc) is 2.84. The van der Waals surface area contributed by atoms with E-state index in [4.69, 9.17) is 4.42 Å². The molecule has 2 rings (SSSR count). The Labute approximate surface area is 94.5 Å². The molecule has 5 heteroatoms. The summed E-state index contributed by atoms with van der Waals surface area (Å²) >= 11 is 0. The summed E-state index contributed by atoms with van der Waals surface area (Å²) in [4.78, 5) is 4.18. The molecule has 0 aliphatic carbocycles. The Morgan fingerprint density at radius 3 is 2.88 bits per heavy atom. The van der Waals surface area contributed by atoms with E-state index < -0.39 is 0 Å². The monoisotopic (exact) mass is 220 g/mol. The van der Waals surface area contributed by atoms with Crippen LogP contribution in [0.1, 0.15) is 30.2 Å². The first kappa shape index (κ1) is 10.9. The molecule has 0 saturated heterocycles. The summed E-state index contributed by atoms with van der Waals surface area (Å²) in [6.07, 6.45) is 5.57. The van der Waals surface area contributed by atoms with Gasteiger partial charge in [-0.2, -0.15) is 5.10 Å². The van der Waals surface area contributed by atoms with Gasteiger partial charge in [-0.05, 0) is 13.8 Å². The van der Waals surface area contributed by atoms with E-state index in [2.05, 4.69) is 15.4 Å². The normalized spacial score (nSPS) is 12.9. The van der Waals surface area contributed by atoms with E-state index in [0.717, 1.165) is 23.8 Å². The van der Waals surface area contributed by atoms with Gasteiger partial charge in [-0.3, -0.25) is 4.68 Å². The first-order valence-corrected chi connectivity index (χ1v) is 5.28. The molecule has 0 aliphatic rings. The zero-order valence-corrected chi connectivity index (χ0v) is 9.77. The van der Waals surface area contributed by atoms with Crippen molar-refractivity contribution >= 4 is 0 Å². The Hall–Kier alpha value is -1.62. The second-order valence-corrected chi connectivity index (χ2v) is 3.93. The number of oxazole rings is 1. The number of hydrogen-bond acceptors (Lipinski definition) is 4. The van der Waals surface area contributed by atoms with Crippen LogP contribution in [0.5, 0.6) is 0 Å². The summed E-state index contributed by atoms with van der Waals surface area (Å²) in [5.41, 5.74) is 1.15. The SMILES string of the molecule is Cc1cnc(C(C)NCc2cnn(C)c2)o1. The first-order valence-electron chi connectivity index (χ1n) is 5.28. The highest BCUT2D eigenvalue weighted by molar-refractivity contribution is 5.04. The molecule has 0 aliphatic heterocycles.